The average Bonchev–Trinajstić information content (AvgIpc) is 2.33. The van der Waals surface area contributed by atoms with E-state index in [1.54, 1.807) is 18.3 Å². The molecule has 2 rings (SSSR count). The fourth-order valence-electron chi connectivity index (χ4n) is 1.24. The largest absolute Gasteiger partial charge is 0.279 e. The Balaban J connectivity index is 1.98. The molecule has 0 aliphatic carbocycles. The number of benzene rings is 2. The second-order valence-corrected chi connectivity index (χ2v) is 3.29. The molecule has 0 bridgehead atoms. The van der Waals surface area contributed by atoms with Gasteiger partial charge in [0, 0.05) is 0 Å². The smallest absolute Gasteiger partial charge is 0.123 e. The fourth-order valence-corrected chi connectivity index (χ4v) is 1.24. The first-order chi connectivity index (χ1) is 7.84. The summed E-state index contributed by atoms with van der Waals surface area (Å²) in [6.45, 7) is 0. The van der Waals surface area contributed by atoms with Crippen molar-refractivity contribution in [2.45, 2.75) is 0 Å². The summed E-state index contributed by atoms with van der Waals surface area (Å²) in [4.78, 5) is 0. The average molecular weight is 214 g/mol. The first-order valence-corrected chi connectivity index (χ1v) is 4.94. The van der Waals surface area contributed by atoms with Crippen molar-refractivity contribution >= 4 is 11.9 Å². The number of rotatable bonds is 3. The minimum absolute atomic E-state index is 0.242. The van der Waals surface area contributed by atoms with E-state index >= 15 is 0 Å². The van der Waals surface area contributed by atoms with Crippen molar-refractivity contribution in [3.63, 3.8) is 0 Å². The van der Waals surface area contributed by atoms with E-state index in [2.05, 4.69) is 10.5 Å². The third kappa shape index (κ3) is 2.92. The number of hydrogen-bond donors (Lipinski definition) is 1. The molecule has 80 valence electrons. The summed E-state index contributed by atoms with van der Waals surface area (Å²) >= 11 is 0. The van der Waals surface area contributed by atoms with E-state index in [1.807, 2.05) is 30.3 Å². The van der Waals surface area contributed by atoms with Crippen LogP contribution in [0.15, 0.2) is 59.7 Å². The quantitative estimate of drug-likeness (QED) is 0.615. The zero-order valence-electron chi connectivity index (χ0n) is 8.60. The van der Waals surface area contributed by atoms with Crippen LogP contribution in [-0.4, -0.2) is 6.21 Å². The zero-order chi connectivity index (χ0) is 11.2. The van der Waals surface area contributed by atoms with Crippen molar-refractivity contribution in [2.24, 2.45) is 5.10 Å². The molecule has 3 heteroatoms. The van der Waals surface area contributed by atoms with Crippen LogP contribution >= 0.6 is 0 Å². The van der Waals surface area contributed by atoms with Crippen LogP contribution in [0, 0.1) is 5.82 Å². The van der Waals surface area contributed by atoms with Crippen molar-refractivity contribution in [3.05, 3.63) is 66.0 Å². The van der Waals surface area contributed by atoms with Gasteiger partial charge in [-0.05, 0) is 29.8 Å². The second kappa shape index (κ2) is 5.07. The van der Waals surface area contributed by atoms with Crippen LogP contribution in [0.25, 0.3) is 0 Å². The number of nitrogens with one attached hydrogen (secondary N) is 1. The standard InChI is InChI=1S/C13H11FN2/c14-12-8-6-11(7-9-12)10-15-16-13-4-2-1-3-5-13/h1-10,16H/b15-10+. The van der Waals surface area contributed by atoms with Crippen LogP contribution in [0.5, 0.6) is 0 Å². The number of para-hydroxylation sites is 1. The maximum Gasteiger partial charge on any atom is 0.123 e. The lowest BCUT2D eigenvalue weighted by atomic mass is 10.2. The van der Waals surface area contributed by atoms with Crippen LogP contribution in [0.4, 0.5) is 10.1 Å². The number of halogens is 1. The predicted molar refractivity (Wildman–Crippen MR) is 64.1 cm³/mol. The van der Waals surface area contributed by atoms with Gasteiger partial charge in [0.05, 0.1) is 11.9 Å². The normalized spacial score (nSPS) is 10.6. The first kappa shape index (κ1) is 10.4. The van der Waals surface area contributed by atoms with Crippen molar-refractivity contribution in [2.75, 3.05) is 5.43 Å². The van der Waals surface area contributed by atoms with Gasteiger partial charge < -0.3 is 0 Å². The number of anilines is 1. The first-order valence-electron chi connectivity index (χ1n) is 4.94. The van der Waals surface area contributed by atoms with Gasteiger partial charge in [0.25, 0.3) is 0 Å². The lowest BCUT2D eigenvalue weighted by molar-refractivity contribution is 0.628. The second-order valence-electron chi connectivity index (χ2n) is 3.29. The molecular formula is C13H11FN2. The summed E-state index contributed by atoms with van der Waals surface area (Å²) in [5, 5.41) is 4.04. The number of hydrogen-bond acceptors (Lipinski definition) is 2. The molecule has 1 N–H and O–H groups in total. The van der Waals surface area contributed by atoms with E-state index in [4.69, 9.17) is 0 Å². The van der Waals surface area contributed by atoms with Crippen LogP contribution in [0.1, 0.15) is 5.56 Å². The lowest BCUT2D eigenvalue weighted by Gasteiger charge is -1.98. The van der Waals surface area contributed by atoms with Gasteiger partial charge in [-0.15, -0.1) is 0 Å². The Morgan fingerprint density at radius 1 is 0.938 bits per heavy atom. The van der Waals surface area contributed by atoms with Crippen molar-refractivity contribution in [1.29, 1.82) is 0 Å². The van der Waals surface area contributed by atoms with Crippen LogP contribution in [-0.2, 0) is 0 Å². The highest BCUT2D eigenvalue weighted by atomic mass is 19.1. The van der Waals surface area contributed by atoms with Gasteiger partial charge >= 0.3 is 0 Å². The summed E-state index contributed by atoms with van der Waals surface area (Å²) < 4.78 is 12.6. The topological polar surface area (TPSA) is 24.4 Å². The highest BCUT2D eigenvalue weighted by Gasteiger charge is 1.89. The SMILES string of the molecule is Fc1ccc(/C=N/Nc2ccccc2)cc1. The number of nitrogens with zero attached hydrogens (tertiary/aromatic N) is 1. The molecule has 2 nitrogen and oxygen atoms in total. The summed E-state index contributed by atoms with van der Waals surface area (Å²) in [5.41, 5.74) is 4.65. The van der Waals surface area contributed by atoms with Gasteiger partial charge in [-0.25, -0.2) is 4.39 Å². The lowest BCUT2D eigenvalue weighted by Crippen LogP contribution is -1.90. The minimum Gasteiger partial charge on any atom is -0.279 e. The van der Waals surface area contributed by atoms with E-state index in [0.717, 1.165) is 11.3 Å². The summed E-state index contributed by atoms with van der Waals surface area (Å²) in [5.74, 6) is -0.242. The van der Waals surface area contributed by atoms with E-state index in [1.165, 1.54) is 12.1 Å². The highest BCUT2D eigenvalue weighted by molar-refractivity contribution is 5.80. The summed E-state index contributed by atoms with van der Waals surface area (Å²) in [6.07, 6.45) is 1.65. The van der Waals surface area contributed by atoms with Crippen molar-refractivity contribution in [1.82, 2.24) is 0 Å². The Morgan fingerprint density at radius 2 is 1.62 bits per heavy atom. The number of hydrazone groups is 1. The molecule has 0 heterocycles. The maximum atomic E-state index is 12.6. The molecule has 0 amide bonds. The Kier molecular flexibility index (Phi) is 3.28. The minimum atomic E-state index is -0.242. The Morgan fingerprint density at radius 3 is 2.31 bits per heavy atom. The Hall–Kier alpha value is -2.16. The molecule has 16 heavy (non-hydrogen) atoms. The van der Waals surface area contributed by atoms with Crippen molar-refractivity contribution in [3.8, 4) is 0 Å². The van der Waals surface area contributed by atoms with E-state index in [9.17, 15) is 4.39 Å². The van der Waals surface area contributed by atoms with E-state index in [-0.39, 0.29) is 5.82 Å². The summed E-state index contributed by atoms with van der Waals surface area (Å²) in [6, 6.07) is 15.8. The molecule has 0 aliphatic heterocycles. The molecule has 0 atom stereocenters. The molecule has 0 aliphatic rings. The van der Waals surface area contributed by atoms with Gasteiger partial charge in [-0.1, -0.05) is 30.3 Å². The highest BCUT2D eigenvalue weighted by Crippen LogP contribution is 2.05. The van der Waals surface area contributed by atoms with E-state index < -0.39 is 0 Å². The molecule has 2 aromatic rings. The zero-order valence-corrected chi connectivity index (χ0v) is 8.60. The van der Waals surface area contributed by atoms with Gasteiger partial charge in [0.15, 0.2) is 0 Å². The van der Waals surface area contributed by atoms with Crippen molar-refractivity contribution < 1.29 is 4.39 Å². The Bertz CT molecular complexity index is 463. The van der Waals surface area contributed by atoms with Crippen LogP contribution in [0.2, 0.25) is 0 Å². The monoisotopic (exact) mass is 214 g/mol. The predicted octanol–water partition coefficient (Wildman–Crippen LogP) is 3.27. The molecule has 0 saturated carbocycles. The van der Waals surface area contributed by atoms with Gasteiger partial charge in [0.1, 0.15) is 5.82 Å². The fraction of sp³-hybridized carbons (Fsp3) is 0. The van der Waals surface area contributed by atoms with Gasteiger partial charge in [0.2, 0.25) is 0 Å². The van der Waals surface area contributed by atoms with E-state index in [0.29, 0.717) is 0 Å². The Labute approximate surface area is 93.4 Å². The molecule has 0 aromatic heterocycles. The van der Waals surface area contributed by atoms with Gasteiger partial charge in [-0.3, -0.25) is 5.43 Å². The molecular weight excluding hydrogens is 203 g/mol. The third-order valence-electron chi connectivity index (χ3n) is 2.05. The van der Waals surface area contributed by atoms with Crippen LogP contribution in [0.3, 0.4) is 0 Å². The summed E-state index contributed by atoms with van der Waals surface area (Å²) in [7, 11) is 0. The third-order valence-corrected chi connectivity index (χ3v) is 2.05. The molecule has 0 saturated heterocycles. The van der Waals surface area contributed by atoms with Gasteiger partial charge in [-0.2, -0.15) is 5.10 Å². The molecule has 0 fully saturated rings. The molecule has 0 radical (unpaired) electrons. The molecule has 0 unspecified atom stereocenters. The maximum absolute atomic E-state index is 12.6. The molecule has 0 spiro atoms. The molecule has 2 aromatic carbocycles. The van der Waals surface area contributed by atoms with Crippen LogP contribution < -0.4 is 5.43 Å².